The Morgan fingerprint density at radius 2 is 2.21 bits per heavy atom. The van der Waals surface area contributed by atoms with E-state index in [4.69, 9.17) is 5.73 Å². The van der Waals surface area contributed by atoms with Gasteiger partial charge in [-0.05, 0) is 30.7 Å². The zero-order chi connectivity index (χ0) is 10.1. The number of aromatic nitrogens is 1. The fourth-order valence-electron chi connectivity index (χ4n) is 2.19. The van der Waals surface area contributed by atoms with Crippen molar-refractivity contribution in [1.29, 1.82) is 0 Å². The number of nitrogen functional groups attached to an aromatic ring is 1. The summed E-state index contributed by atoms with van der Waals surface area (Å²) in [4.78, 5) is 11.4. The molecule has 0 radical (unpaired) electrons. The van der Waals surface area contributed by atoms with E-state index in [1.807, 2.05) is 0 Å². The van der Waals surface area contributed by atoms with Crippen molar-refractivity contribution in [1.82, 2.24) is 4.57 Å². The van der Waals surface area contributed by atoms with Crippen LogP contribution < -0.4 is 11.3 Å². The normalized spacial score (nSPS) is 25.8. The second-order valence-corrected chi connectivity index (χ2v) is 4.40. The quantitative estimate of drug-likeness (QED) is 0.771. The van der Waals surface area contributed by atoms with Crippen molar-refractivity contribution >= 4 is 5.69 Å². The monoisotopic (exact) mass is 192 g/mol. The van der Waals surface area contributed by atoms with Crippen LogP contribution in [0.1, 0.15) is 19.8 Å². The Morgan fingerprint density at radius 3 is 2.86 bits per heavy atom. The summed E-state index contributed by atoms with van der Waals surface area (Å²) in [6.07, 6.45) is 4.22. The lowest BCUT2D eigenvalue weighted by atomic mass is 9.76. The first kappa shape index (κ1) is 9.31. The highest BCUT2D eigenvalue weighted by Gasteiger charge is 2.25. The summed E-state index contributed by atoms with van der Waals surface area (Å²) in [6.45, 7) is 3.08. The van der Waals surface area contributed by atoms with Crippen molar-refractivity contribution in [3.05, 3.63) is 28.7 Å². The second-order valence-electron chi connectivity index (χ2n) is 4.40. The van der Waals surface area contributed by atoms with Crippen molar-refractivity contribution in [3.8, 4) is 0 Å². The van der Waals surface area contributed by atoms with Gasteiger partial charge in [-0.1, -0.05) is 6.92 Å². The van der Waals surface area contributed by atoms with Gasteiger partial charge < -0.3 is 10.3 Å². The standard InChI is InChI=1S/C11H16N2O/c1-8-4-9(5-8)6-13-7-10(12)2-3-11(13)14/h2-3,7-9H,4-6,12H2,1H3. The SMILES string of the molecule is CC1CC(Cn2cc(N)ccc2=O)C1. The van der Waals surface area contributed by atoms with E-state index < -0.39 is 0 Å². The number of rotatable bonds is 2. The van der Waals surface area contributed by atoms with E-state index in [1.54, 1.807) is 16.8 Å². The zero-order valence-corrected chi connectivity index (χ0v) is 8.44. The van der Waals surface area contributed by atoms with Gasteiger partial charge in [0.25, 0.3) is 5.56 Å². The second kappa shape index (κ2) is 3.48. The first-order chi connectivity index (χ1) is 6.65. The summed E-state index contributed by atoms with van der Waals surface area (Å²) in [5, 5.41) is 0. The van der Waals surface area contributed by atoms with Crippen molar-refractivity contribution in [3.63, 3.8) is 0 Å². The summed E-state index contributed by atoms with van der Waals surface area (Å²) >= 11 is 0. The fraction of sp³-hybridized carbons (Fsp3) is 0.545. The van der Waals surface area contributed by atoms with Gasteiger partial charge in [0, 0.05) is 24.5 Å². The minimum absolute atomic E-state index is 0.0544. The number of nitrogens with two attached hydrogens (primary N) is 1. The van der Waals surface area contributed by atoms with E-state index >= 15 is 0 Å². The molecule has 1 saturated carbocycles. The molecule has 0 spiro atoms. The molecule has 14 heavy (non-hydrogen) atoms. The molecule has 3 nitrogen and oxygen atoms in total. The first-order valence-corrected chi connectivity index (χ1v) is 5.11. The summed E-state index contributed by atoms with van der Waals surface area (Å²) in [7, 11) is 0. The Balaban J connectivity index is 2.09. The van der Waals surface area contributed by atoms with Crippen LogP contribution in [0, 0.1) is 11.8 Å². The van der Waals surface area contributed by atoms with Gasteiger partial charge in [0.05, 0.1) is 0 Å². The zero-order valence-electron chi connectivity index (χ0n) is 8.44. The molecule has 0 aliphatic heterocycles. The molecule has 0 amide bonds. The lowest BCUT2D eigenvalue weighted by molar-refractivity contribution is 0.186. The van der Waals surface area contributed by atoms with Gasteiger partial charge in [0.2, 0.25) is 0 Å². The topological polar surface area (TPSA) is 48.0 Å². The predicted octanol–water partition coefficient (Wildman–Crippen LogP) is 1.48. The molecule has 0 unspecified atom stereocenters. The van der Waals surface area contributed by atoms with Crippen LogP contribution in [0.3, 0.4) is 0 Å². The van der Waals surface area contributed by atoms with E-state index in [0.717, 1.165) is 12.5 Å². The molecular weight excluding hydrogens is 176 g/mol. The van der Waals surface area contributed by atoms with Gasteiger partial charge >= 0.3 is 0 Å². The number of pyridine rings is 1. The predicted molar refractivity (Wildman–Crippen MR) is 57.0 cm³/mol. The van der Waals surface area contributed by atoms with Crippen LogP contribution in [0.15, 0.2) is 23.1 Å². The molecule has 1 aliphatic carbocycles. The van der Waals surface area contributed by atoms with E-state index in [1.165, 1.54) is 18.9 Å². The summed E-state index contributed by atoms with van der Waals surface area (Å²) in [5.74, 6) is 1.50. The average molecular weight is 192 g/mol. The third kappa shape index (κ3) is 1.81. The molecule has 3 heteroatoms. The van der Waals surface area contributed by atoms with Gasteiger partial charge in [-0.25, -0.2) is 0 Å². The maximum atomic E-state index is 11.4. The number of hydrogen-bond donors (Lipinski definition) is 1. The smallest absolute Gasteiger partial charge is 0.250 e. The summed E-state index contributed by atoms with van der Waals surface area (Å²) in [6, 6.07) is 3.19. The molecule has 1 aromatic heterocycles. The average Bonchev–Trinajstić information content (AvgIpc) is 2.09. The number of nitrogens with zero attached hydrogens (tertiary/aromatic N) is 1. The van der Waals surface area contributed by atoms with Crippen molar-refractivity contribution in [2.45, 2.75) is 26.3 Å². The van der Waals surface area contributed by atoms with Crippen LogP contribution >= 0.6 is 0 Å². The molecule has 1 fully saturated rings. The van der Waals surface area contributed by atoms with Gasteiger partial charge in [-0.2, -0.15) is 0 Å². The lowest BCUT2D eigenvalue weighted by Gasteiger charge is -2.32. The molecule has 1 aliphatic rings. The molecule has 0 atom stereocenters. The van der Waals surface area contributed by atoms with Gasteiger partial charge in [0.15, 0.2) is 0 Å². The van der Waals surface area contributed by atoms with Crippen LogP contribution in [-0.2, 0) is 6.54 Å². The summed E-state index contributed by atoms with van der Waals surface area (Å²) in [5.41, 5.74) is 6.35. The lowest BCUT2D eigenvalue weighted by Crippen LogP contribution is -2.30. The van der Waals surface area contributed by atoms with E-state index in [-0.39, 0.29) is 5.56 Å². The largest absolute Gasteiger partial charge is 0.398 e. The molecule has 0 aromatic carbocycles. The third-order valence-corrected chi connectivity index (χ3v) is 2.93. The maximum absolute atomic E-state index is 11.4. The molecule has 0 saturated heterocycles. The van der Waals surface area contributed by atoms with Gasteiger partial charge in [0.1, 0.15) is 0 Å². The van der Waals surface area contributed by atoms with Crippen LogP contribution in [0.5, 0.6) is 0 Å². The molecule has 2 rings (SSSR count). The Kier molecular flexibility index (Phi) is 2.32. The van der Waals surface area contributed by atoms with Gasteiger partial charge in [-0.3, -0.25) is 4.79 Å². The number of hydrogen-bond acceptors (Lipinski definition) is 2. The fourth-order valence-corrected chi connectivity index (χ4v) is 2.19. The van der Waals surface area contributed by atoms with Crippen LogP contribution in [-0.4, -0.2) is 4.57 Å². The molecule has 1 heterocycles. The highest BCUT2D eigenvalue weighted by Crippen LogP contribution is 2.33. The highest BCUT2D eigenvalue weighted by atomic mass is 16.1. The van der Waals surface area contributed by atoms with Crippen LogP contribution in [0.4, 0.5) is 5.69 Å². The summed E-state index contributed by atoms with van der Waals surface area (Å²) < 4.78 is 1.73. The molecule has 0 bridgehead atoms. The van der Waals surface area contributed by atoms with E-state index in [0.29, 0.717) is 11.6 Å². The molecule has 1 aromatic rings. The molecular formula is C11H16N2O. The maximum Gasteiger partial charge on any atom is 0.250 e. The molecule has 76 valence electrons. The Labute approximate surface area is 83.5 Å². The third-order valence-electron chi connectivity index (χ3n) is 2.93. The Hall–Kier alpha value is -1.25. The van der Waals surface area contributed by atoms with Crippen LogP contribution in [0.25, 0.3) is 0 Å². The minimum atomic E-state index is 0.0544. The minimum Gasteiger partial charge on any atom is -0.398 e. The van der Waals surface area contributed by atoms with E-state index in [9.17, 15) is 4.79 Å². The van der Waals surface area contributed by atoms with E-state index in [2.05, 4.69) is 6.92 Å². The van der Waals surface area contributed by atoms with Crippen molar-refractivity contribution < 1.29 is 0 Å². The highest BCUT2D eigenvalue weighted by molar-refractivity contribution is 5.33. The number of anilines is 1. The van der Waals surface area contributed by atoms with Crippen molar-refractivity contribution in [2.24, 2.45) is 11.8 Å². The van der Waals surface area contributed by atoms with Crippen molar-refractivity contribution in [2.75, 3.05) is 5.73 Å². The van der Waals surface area contributed by atoms with Gasteiger partial charge in [-0.15, -0.1) is 0 Å². The Morgan fingerprint density at radius 1 is 1.50 bits per heavy atom. The molecule has 2 N–H and O–H groups in total. The first-order valence-electron chi connectivity index (χ1n) is 5.11. The van der Waals surface area contributed by atoms with Crippen LogP contribution in [0.2, 0.25) is 0 Å². The Bertz CT molecular complexity index is 377.